The lowest BCUT2D eigenvalue weighted by atomic mass is 9.77. The molecule has 0 aliphatic carbocycles. The number of rotatable bonds is 3. The van der Waals surface area contributed by atoms with Gasteiger partial charge in [0.2, 0.25) is 5.91 Å². The van der Waals surface area contributed by atoms with E-state index in [4.69, 9.17) is 4.52 Å². The van der Waals surface area contributed by atoms with Gasteiger partial charge in [-0.2, -0.15) is 0 Å². The molecule has 4 heterocycles. The van der Waals surface area contributed by atoms with Crippen molar-refractivity contribution in [2.45, 2.75) is 58.5 Å². The normalized spacial score (nSPS) is 27.4. The molecule has 3 saturated heterocycles. The van der Waals surface area contributed by atoms with Crippen molar-refractivity contribution in [1.82, 2.24) is 20.3 Å². The van der Waals surface area contributed by atoms with Gasteiger partial charge in [-0.3, -0.25) is 9.69 Å². The van der Waals surface area contributed by atoms with E-state index in [9.17, 15) is 4.79 Å². The summed E-state index contributed by atoms with van der Waals surface area (Å²) in [6.07, 6.45) is 5.61. The number of hydrogen-bond acceptors (Lipinski definition) is 5. The first-order chi connectivity index (χ1) is 12.1. The average molecular weight is 346 g/mol. The molecule has 1 amide bonds. The molecule has 0 saturated carbocycles. The summed E-state index contributed by atoms with van der Waals surface area (Å²) >= 11 is 0. The van der Waals surface area contributed by atoms with Crippen molar-refractivity contribution in [2.24, 2.45) is 5.41 Å². The Balaban J connectivity index is 1.37. The second-order valence-corrected chi connectivity index (χ2v) is 8.27. The van der Waals surface area contributed by atoms with Gasteiger partial charge in [-0.1, -0.05) is 5.16 Å². The van der Waals surface area contributed by atoms with Crippen LogP contribution in [-0.2, 0) is 11.3 Å². The Kier molecular flexibility index (Phi) is 4.58. The van der Waals surface area contributed by atoms with E-state index in [0.29, 0.717) is 24.9 Å². The number of carbonyl (C=O) groups excluding carboxylic acids is 1. The molecular weight excluding hydrogens is 316 g/mol. The van der Waals surface area contributed by atoms with Gasteiger partial charge < -0.3 is 14.7 Å². The topological polar surface area (TPSA) is 61.6 Å². The molecule has 4 rings (SSSR count). The van der Waals surface area contributed by atoms with Gasteiger partial charge in [-0.05, 0) is 64.6 Å². The smallest absolute Gasteiger partial charge is 0.223 e. The van der Waals surface area contributed by atoms with Gasteiger partial charge in [0.15, 0.2) is 0 Å². The number of nitrogens with one attached hydrogen (secondary N) is 1. The van der Waals surface area contributed by atoms with E-state index in [1.54, 1.807) is 0 Å². The first-order valence-electron chi connectivity index (χ1n) is 9.71. The van der Waals surface area contributed by atoms with Crippen LogP contribution in [0.25, 0.3) is 0 Å². The van der Waals surface area contributed by atoms with Gasteiger partial charge in [0, 0.05) is 31.1 Å². The van der Waals surface area contributed by atoms with Crippen LogP contribution in [0.3, 0.4) is 0 Å². The van der Waals surface area contributed by atoms with Crippen LogP contribution in [0.2, 0.25) is 0 Å². The largest absolute Gasteiger partial charge is 0.361 e. The van der Waals surface area contributed by atoms with Crippen LogP contribution in [0.5, 0.6) is 0 Å². The van der Waals surface area contributed by atoms with E-state index in [0.717, 1.165) is 56.0 Å². The highest BCUT2D eigenvalue weighted by atomic mass is 16.5. The van der Waals surface area contributed by atoms with Crippen LogP contribution in [0.1, 0.15) is 49.1 Å². The van der Waals surface area contributed by atoms with Crippen molar-refractivity contribution in [3.8, 4) is 0 Å². The number of hydrogen-bond donors (Lipinski definition) is 1. The third-order valence-electron chi connectivity index (χ3n) is 6.58. The fraction of sp³-hybridized carbons (Fsp3) is 0.789. The van der Waals surface area contributed by atoms with Crippen molar-refractivity contribution in [3.05, 3.63) is 17.0 Å². The van der Waals surface area contributed by atoms with Crippen LogP contribution < -0.4 is 5.32 Å². The highest BCUT2D eigenvalue weighted by Gasteiger charge is 2.45. The van der Waals surface area contributed by atoms with Gasteiger partial charge in [0.1, 0.15) is 5.76 Å². The highest BCUT2D eigenvalue weighted by Crippen LogP contribution is 2.42. The number of aryl methyl sites for hydroxylation is 2. The van der Waals surface area contributed by atoms with E-state index in [2.05, 4.69) is 15.4 Å². The first kappa shape index (κ1) is 17.0. The Morgan fingerprint density at radius 1 is 1.32 bits per heavy atom. The fourth-order valence-electron chi connectivity index (χ4n) is 4.89. The summed E-state index contributed by atoms with van der Waals surface area (Å²) in [5, 5.41) is 7.55. The summed E-state index contributed by atoms with van der Waals surface area (Å²) in [5.41, 5.74) is 2.18. The molecular formula is C19H30N4O2. The summed E-state index contributed by atoms with van der Waals surface area (Å²) in [4.78, 5) is 17.3. The zero-order valence-electron chi connectivity index (χ0n) is 15.5. The average Bonchev–Trinajstić information content (AvgIpc) is 3.10. The number of nitrogens with zero attached hydrogens (tertiary/aromatic N) is 3. The van der Waals surface area contributed by atoms with Crippen molar-refractivity contribution >= 4 is 5.91 Å². The van der Waals surface area contributed by atoms with Gasteiger partial charge >= 0.3 is 0 Å². The lowest BCUT2D eigenvalue weighted by Crippen LogP contribution is -2.51. The SMILES string of the molecule is Cc1noc(C)c1CN1CC2(CCN([C@H]3CCCNC3)CC2)CC1=O. The standard InChI is InChI=1S/C19H30N4O2/c1-14-17(15(2)25-21-14)12-23-13-19(10-18(23)24)5-8-22(9-6-19)16-4-3-7-20-11-16/h16,20H,3-13H2,1-2H3/t16-/m0/s1. The molecule has 0 unspecified atom stereocenters. The molecule has 1 atom stereocenters. The predicted molar refractivity (Wildman–Crippen MR) is 95.1 cm³/mol. The lowest BCUT2D eigenvalue weighted by Gasteiger charge is -2.43. The molecule has 138 valence electrons. The van der Waals surface area contributed by atoms with Crippen molar-refractivity contribution in [1.29, 1.82) is 0 Å². The molecule has 6 nitrogen and oxygen atoms in total. The molecule has 1 N–H and O–H groups in total. The molecule has 0 aromatic carbocycles. The minimum Gasteiger partial charge on any atom is -0.361 e. The number of piperidine rings is 2. The Morgan fingerprint density at radius 3 is 2.76 bits per heavy atom. The summed E-state index contributed by atoms with van der Waals surface area (Å²) < 4.78 is 5.26. The molecule has 1 aromatic rings. The van der Waals surface area contributed by atoms with Gasteiger partial charge in [0.05, 0.1) is 12.2 Å². The molecule has 0 radical (unpaired) electrons. The third kappa shape index (κ3) is 3.34. The number of likely N-dealkylation sites (tertiary alicyclic amines) is 2. The second kappa shape index (κ2) is 6.72. The Labute approximate surface area is 149 Å². The summed E-state index contributed by atoms with van der Waals surface area (Å²) in [6.45, 7) is 10.0. The summed E-state index contributed by atoms with van der Waals surface area (Å²) in [7, 11) is 0. The molecule has 0 bridgehead atoms. The lowest BCUT2D eigenvalue weighted by molar-refractivity contribution is -0.128. The van der Waals surface area contributed by atoms with E-state index in [-0.39, 0.29) is 5.41 Å². The van der Waals surface area contributed by atoms with Crippen LogP contribution in [0.4, 0.5) is 0 Å². The van der Waals surface area contributed by atoms with Crippen molar-refractivity contribution in [2.75, 3.05) is 32.7 Å². The quantitative estimate of drug-likeness (QED) is 0.905. The summed E-state index contributed by atoms with van der Waals surface area (Å²) in [6, 6.07) is 0.696. The van der Waals surface area contributed by atoms with Crippen LogP contribution >= 0.6 is 0 Å². The number of carbonyl (C=O) groups is 1. The second-order valence-electron chi connectivity index (χ2n) is 8.27. The Morgan fingerprint density at radius 2 is 2.12 bits per heavy atom. The molecule has 1 spiro atoms. The van der Waals surface area contributed by atoms with Crippen LogP contribution in [0.15, 0.2) is 4.52 Å². The Bertz CT molecular complexity index is 608. The van der Waals surface area contributed by atoms with Crippen molar-refractivity contribution in [3.63, 3.8) is 0 Å². The van der Waals surface area contributed by atoms with E-state index >= 15 is 0 Å². The van der Waals surface area contributed by atoms with E-state index in [1.165, 1.54) is 19.4 Å². The van der Waals surface area contributed by atoms with Gasteiger partial charge in [-0.15, -0.1) is 0 Å². The zero-order chi connectivity index (χ0) is 17.4. The highest BCUT2D eigenvalue weighted by molar-refractivity contribution is 5.79. The van der Waals surface area contributed by atoms with Crippen LogP contribution in [-0.4, -0.2) is 59.6 Å². The summed E-state index contributed by atoms with van der Waals surface area (Å²) in [5.74, 6) is 1.14. The number of aromatic nitrogens is 1. The van der Waals surface area contributed by atoms with Crippen LogP contribution in [0, 0.1) is 19.3 Å². The zero-order valence-corrected chi connectivity index (χ0v) is 15.5. The van der Waals surface area contributed by atoms with Gasteiger partial charge in [0.25, 0.3) is 0 Å². The molecule has 6 heteroatoms. The number of amides is 1. The minimum atomic E-state index is 0.189. The maximum atomic E-state index is 12.6. The monoisotopic (exact) mass is 346 g/mol. The van der Waals surface area contributed by atoms with Gasteiger partial charge in [-0.25, -0.2) is 0 Å². The molecule has 3 aliphatic rings. The minimum absolute atomic E-state index is 0.189. The van der Waals surface area contributed by atoms with E-state index in [1.807, 2.05) is 18.7 Å². The fourth-order valence-corrected chi connectivity index (χ4v) is 4.89. The Hall–Kier alpha value is -1.40. The molecule has 25 heavy (non-hydrogen) atoms. The predicted octanol–water partition coefficient (Wildman–Crippen LogP) is 1.86. The third-order valence-corrected chi connectivity index (χ3v) is 6.58. The van der Waals surface area contributed by atoms with Crippen molar-refractivity contribution < 1.29 is 9.32 Å². The molecule has 3 fully saturated rings. The first-order valence-corrected chi connectivity index (χ1v) is 9.71. The molecule has 3 aliphatic heterocycles. The maximum absolute atomic E-state index is 12.6. The maximum Gasteiger partial charge on any atom is 0.223 e. The molecule has 1 aromatic heterocycles. The van der Waals surface area contributed by atoms with E-state index < -0.39 is 0 Å².